The smallest absolute Gasteiger partial charge is 0.319 e. The average Bonchev–Trinajstić information content (AvgIpc) is 2.17. The first-order chi connectivity index (χ1) is 7.61. The van der Waals surface area contributed by atoms with E-state index in [0.717, 1.165) is 17.7 Å². The van der Waals surface area contributed by atoms with Crippen molar-refractivity contribution in [1.29, 1.82) is 0 Å². The summed E-state index contributed by atoms with van der Waals surface area (Å²) < 4.78 is 0. The number of hydrogen-bond donors (Lipinski definition) is 3. The molecule has 0 fully saturated rings. The van der Waals surface area contributed by atoms with Crippen LogP contribution in [0.5, 0.6) is 0 Å². The lowest BCUT2D eigenvalue weighted by atomic mass is 10.2. The summed E-state index contributed by atoms with van der Waals surface area (Å²) in [4.78, 5) is 11.5. The van der Waals surface area contributed by atoms with Gasteiger partial charge >= 0.3 is 6.03 Å². The van der Waals surface area contributed by atoms with Gasteiger partial charge in [-0.05, 0) is 44.5 Å². The fourth-order valence-electron chi connectivity index (χ4n) is 1.44. The number of carbonyl (C=O) groups is 1. The van der Waals surface area contributed by atoms with E-state index in [0.29, 0.717) is 6.54 Å². The van der Waals surface area contributed by atoms with Crippen LogP contribution in [0.3, 0.4) is 0 Å². The number of benzene rings is 1. The Morgan fingerprint density at radius 1 is 1.50 bits per heavy atom. The minimum atomic E-state index is -0.188. The zero-order valence-corrected chi connectivity index (χ0v) is 9.79. The van der Waals surface area contributed by atoms with E-state index in [9.17, 15) is 4.79 Å². The van der Waals surface area contributed by atoms with Crippen LogP contribution in [0, 0.1) is 6.92 Å². The van der Waals surface area contributed by atoms with Gasteiger partial charge in [0, 0.05) is 11.7 Å². The minimum absolute atomic E-state index is 0.0924. The van der Waals surface area contributed by atoms with Crippen molar-refractivity contribution < 1.29 is 4.79 Å². The number of nitrogens with two attached hydrogens (primary N) is 1. The second kappa shape index (κ2) is 6.12. The van der Waals surface area contributed by atoms with Gasteiger partial charge in [0.1, 0.15) is 0 Å². The molecular formula is C12H19N3O. The maximum Gasteiger partial charge on any atom is 0.319 e. The Hall–Kier alpha value is -1.55. The number of nitrogens with one attached hydrogen (secondary N) is 2. The molecule has 0 bridgehead atoms. The zero-order valence-electron chi connectivity index (χ0n) is 9.79. The Kier molecular flexibility index (Phi) is 4.79. The van der Waals surface area contributed by atoms with E-state index >= 15 is 0 Å². The van der Waals surface area contributed by atoms with Crippen molar-refractivity contribution in [3.8, 4) is 0 Å². The highest BCUT2D eigenvalue weighted by Crippen LogP contribution is 2.09. The molecule has 0 aliphatic rings. The Morgan fingerprint density at radius 2 is 2.25 bits per heavy atom. The number of anilines is 1. The van der Waals surface area contributed by atoms with E-state index in [-0.39, 0.29) is 12.1 Å². The summed E-state index contributed by atoms with van der Waals surface area (Å²) in [6, 6.07) is 7.59. The molecule has 0 aromatic heterocycles. The summed E-state index contributed by atoms with van der Waals surface area (Å²) in [5, 5.41) is 5.60. The number of hydrogen-bond acceptors (Lipinski definition) is 2. The topological polar surface area (TPSA) is 67.2 Å². The van der Waals surface area contributed by atoms with E-state index < -0.39 is 0 Å². The molecule has 1 atom stereocenters. The SMILES string of the molecule is Cc1cccc(NC(=O)NC(C)CCN)c1. The lowest BCUT2D eigenvalue weighted by Gasteiger charge is -2.13. The van der Waals surface area contributed by atoms with Crippen molar-refractivity contribution in [3.63, 3.8) is 0 Å². The molecule has 1 aromatic rings. The maximum absolute atomic E-state index is 11.5. The minimum Gasteiger partial charge on any atom is -0.335 e. The number of carbonyl (C=O) groups excluding carboxylic acids is 1. The summed E-state index contributed by atoms with van der Waals surface area (Å²) in [7, 11) is 0. The summed E-state index contributed by atoms with van der Waals surface area (Å²) in [6.45, 7) is 4.49. The molecule has 4 nitrogen and oxygen atoms in total. The fourth-order valence-corrected chi connectivity index (χ4v) is 1.44. The molecule has 4 N–H and O–H groups in total. The molecule has 0 aliphatic carbocycles. The van der Waals surface area contributed by atoms with Crippen LogP contribution in [0.4, 0.5) is 10.5 Å². The van der Waals surface area contributed by atoms with Gasteiger partial charge < -0.3 is 16.4 Å². The summed E-state index contributed by atoms with van der Waals surface area (Å²) in [5.74, 6) is 0. The van der Waals surface area contributed by atoms with Crippen LogP contribution in [-0.4, -0.2) is 18.6 Å². The highest BCUT2D eigenvalue weighted by atomic mass is 16.2. The third-order valence-corrected chi connectivity index (χ3v) is 2.25. The molecule has 16 heavy (non-hydrogen) atoms. The summed E-state index contributed by atoms with van der Waals surface area (Å²) in [6.07, 6.45) is 0.779. The van der Waals surface area contributed by atoms with E-state index in [1.165, 1.54) is 0 Å². The molecule has 1 aromatic carbocycles. The standard InChI is InChI=1S/C12H19N3O/c1-9-4-3-5-11(8-9)15-12(16)14-10(2)6-7-13/h3-5,8,10H,6-7,13H2,1-2H3,(H2,14,15,16). The lowest BCUT2D eigenvalue weighted by Crippen LogP contribution is -2.37. The van der Waals surface area contributed by atoms with E-state index in [1.807, 2.05) is 38.1 Å². The van der Waals surface area contributed by atoms with Gasteiger partial charge in [-0.3, -0.25) is 0 Å². The van der Waals surface area contributed by atoms with Gasteiger partial charge in [-0.1, -0.05) is 12.1 Å². The third-order valence-electron chi connectivity index (χ3n) is 2.25. The summed E-state index contributed by atoms with van der Waals surface area (Å²) >= 11 is 0. The van der Waals surface area contributed by atoms with Crippen molar-refractivity contribution >= 4 is 11.7 Å². The first-order valence-electron chi connectivity index (χ1n) is 5.46. The number of amides is 2. The van der Waals surface area contributed by atoms with Crippen molar-refractivity contribution in [2.75, 3.05) is 11.9 Å². The van der Waals surface area contributed by atoms with Gasteiger partial charge in [0.25, 0.3) is 0 Å². The second-order valence-corrected chi connectivity index (χ2v) is 3.95. The van der Waals surface area contributed by atoms with Gasteiger partial charge in [0.05, 0.1) is 0 Å². The first-order valence-corrected chi connectivity index (χ1v) is 5.46. The Morgan fingerprint density at radius 3 is 2.88 bits per heavy atom. The normalized spacial score (nSPS) is 11.9. The highest BCUT2D eigenvalue weighted by molar-refractivity contribution is 5.89. The molecule has 4 heteroatoms. The molecule has 0 saturated heterocycles. The molecule has 1 unspecified atom stereocenters. The molecule has 0 heterocycles. The number of urea groups is 1. The number of aryl methyl sites for hydroxylation is 1. The monoisotopic (exact) mass is 221 g/mol. The first kappa shape index (κ1) is 12.5. The lowest BCUT2D eigenvalue weighted by molar-refractivity contribution is 0.249. The molecule has 0 spiro atoms. The van der Waals surface area contributed by atoms with Gasteiger partial charge in [-0.25, -0.2) is 4.79 Å². The zero-order chi connectivity index (χ0) is 12.0. The van der Waals surface area contributed by atoms with Crippen LogP contribution < -0.4 is 16.4 Å². The molecular weight excluding hydrogens is 202 g/mol. The predicted octanol–water partition coefficient (Wildman–Crippen LogP) is 1.85. The van der Waals surface area contributed by atoms with E-state index in [4.69, 9.17) is 5.73 Å². The van der Waals surface area contributed by atoms with Gasteiger partial charge in [0.15, 0.2) is 0 Å². The largest absolute Gasteiger partial charge is 0.335 e. The third kappa shape index (κ3) is 4.31. The van der Waals surface area contributed by atoms with Gasteiger partial charge in [0.2, 0.25) is 0 Å². The molecule has 0 saturated carbocycles. The molecule has 1 rings (SSSR count). The van der Waals surface area contributed by atoms with Gasteiger partial charge in [-0.2, -0.15) is 0 Å². The summed E-state index contributed by atoms with van der Waals surface area (Å²) in [5.41, 5.74) is 7.33. The molecule has 0 aliphatic heterocycles. The van der Waals surface area contributed by atoms with Crippen LogP contribution in [0.2, 0.25) is 0 Å². The van der Waals surface area contributed by atoms with Gasteiger partial charge in [-0.15, -0.1) is 0 Å². The Bertz CT molecular complexity index is 352. The van der Waals surface area contributed by atoms with E-state index in [1.54, 1.807) is 0 Å². The van der Waals surface area contributed by atoms with Crippen molar-refractivity contribution in [2.45, 2.75) is 26.3 Å². The predicted molar refractivity (Wildman–Crippen MR) is 66.5 cm³/mol. The molecule has 88 valence electrons. The average molecular weight is 221 g/mol. The van der Waals surface area contributed by atoms with Crippen LogP contribution in [0.1, 0.15) is 18.9 Å². The second-order valence-electron chi connectivity index (χ2n) is 3.95. The molecule has 0 radical (unpaired) electrons. The Labute approximate surface area is 96.2 Å². The van der Waals surface area contributed by atoms with Crippen LogP contribution in [0.25, 0.3) is 0 Å². The van der Waals surface area contributed by atoms with Crippen molar-refractivity contribution in [1.82, 2.24) is 5.32 Å². The highest BCUT2D eigenvalue weighted by Gasteiger charge is 2.06. The van der Waals surface area contributed by atoms with Crippen LogP contribution in [0.15, 0.2) is 24.3 Å². The number of rotatable bonds is 4. The maximum atomic E-state index is 11.5. The van der Waals surface area contributed by atoms with Crippen LogP contribution in [-0.2, 0) is 0 Å². The quantitative estimate of drug-likeness (QED) is 0.726. The van der Waals surface area contributed by atoms with E-state index in [2.05, 4.69) is 10.6 Å². The molecule has 2 amide bonds. The van der Waals surface area contributed by atoms with Crippen molar-refractivity contribution in [3.05, 3.63) is 29.8 Å². The van der Waals surface area contributed by atoms with Crippen molar-refractivity contribution in [2.24, 2.45) is 5.73 Å². The Balaban J connectivity index is 2.45. The fraction of sp³-hybridized carbons (Fsp3) is 0.417. The van der Waals surface area contributed by atoms with Crippen LogP contribution >= 0.6 is 0 Å².